The fraction of sp³-hybridized carbons (Fsp3) is 0.480. The summed E-state index contributed by atoms with van der Waals surface area (Å²) in [5.41, 5.74) is 3.45. The first kappa shape index (κ1) is 21.9. The molecule has 2 fully saturated rings. The lowest BCUT2D eigenvalue weighted by atomic mass is 9.88. The van der Waals surface area contributed by atoms with Crippen LogP contribution in [0.2, 0.25) is 0 Å². The van der Waals surface area contributed by atoms with Gasteiger partial charge in [0.2, 0.25) is 0 Å². The van der Waals surface area contributed by atoms with Crippen LogP contribution in [0.1, 0.15) is 46.5 Å². The van der Waals surface area contributed by atoms with Gasteiger partial charge in [-0.15, -0.1) is 22.7 Å². The van der Waals surface area contributed by atoms with E-state index in [0.717, 1.165) is 52.3 Å². The number of carbonyl (C=O) groups is 1. The quantitative estimate of drug-likeness (QED) is 0.575. The van der Waals surface area contributed by atoms with E-state index in [9.17, 15) is 4.79 Å². The molecule has 0 radical (unpaired) electrons. The van der Waals surface area contributed by atoms with E-state index >= 15 is 0 Å². The molecule has 0 aliphatic carbocycles. The van der Waals surface area contributed by atoms with Gasteiger partial charge in [0.25, 0.3) is 0 Å². The van der Waals surface area contributed by atoms with Crippen LogP contribution in [0.5, 0.6) is 0 Å². The second-order valence-electron chi connectivity index (χ2n) is 8.99. The molecular weight excluding hydrogens is 436 g/mol. The molecule has 5 nitrogen and oxygen atoms in total. The van der Waals surface area contributed by atoms with E-state index in [1.165, 1.54) is 18.4 Å². The summed E-state index contributed by atoms with van der Waals surface area (Å²) in [6.45, 7) is 7.19. The molecule has 32 heavy (non-hydrogen) atoms. The van der Waals surface area contributed by atoms with E-state index in [1.54, 1.807) is 22.7 Å². The standard InChI is InChI=1S/C25H30N4OS2/c1-16-25(32-17(2)27-16)22-15-31-24(28-22)13-23(30)21-12-20(14-26-21)29-10-8-19(9-11-29)18-6-4-3-5-7-18/h3-7,15,19-21,26H,8-14H2,1-2H3/t20-,21+/m1/s1. The summed E-state index contributed by atoms with van der Waals surface area (Å²) in [6, 6.07) is 11.3. The maximum atomic E-state index is 13.0. The number of rotatable bonds is 6. The van der Waals surface area contributed by atoms with Crippen LogP contribution in [0, 0.1) is 13.8 Å². The van der Waals surface area contributed by atoms with Crippen LogP contribution in [0.25, 0.3) is 10.6 Å². The van der Waals surface area contributed by atoms with Crippen molar-refractivity contribution in [3.8, 4) is 10.6 Å². The number of aromatic nitrogens is 2. The van der Waals surface area contributed by atoms with E-state index in [4.69, 9.17) is 4.98 Å². The molecule has 168 valence electrons. The average Bonchev–Trinajstić information content (AvgIpc) is 3.54. The van der Waals surface area contributed by atoms with E-state index in [0.29, 0.717) is 18.4 Å². The Morgan fingerprint density at radius 1 is 1.16 bits per heavy atom. The lowest BCUT2D eigenvalue weighted by Crippen LogP contribution is -2.42. The van der Waals surface area contributed by atoms with Crippen molar-refractivity contribution in [2.24, 2.45) is 0 Å². The molecule has 2 aliphatic heterocycles. The maximum absolute atomic E-state index is 13.0. The minimum absolute atomic E-state index is 0.0495. The van der Waals surface area contributed by atoms with Crippen LogP contribution in [-0.4, -0.2) is 52.4 Å². The lowest BCUT2D eigenvalue weighted by molar-refractivity contribution is -0.120. The zero-order chi connectivity index (χ0) is 22.1. The number of nitrogens with one attached hydrogen (secondary N) is 1. The SMILES string of the molecule is Cc1nc(C)c(-c2csc(CC(=O)[C@@H]3C[C@@H](N4CCC(c5ccccc5)CC4)CN3)n2)s1. The molecule has 2 saturated heterocycles. The highest BCUT2D eigenvalue weighted by Gasteiger charge is 2.34. The Labute approximate surface area is 197 Å². The van der Waals surface area contributed by atoms with Crippen molar-refractivity contribution in [2.75, 3.05) is 19.6 Å². The second kappa shape index (κ2) is 9.51. The molecular formula is C25H30N4OS2. The largest absolute Gasteiger partial charge is 0.306 e. The fourth-order valence-corrected chi connectivity index (χ4v) is 6.85. The third kappa shape index (κ3) is 4.71. The Kier molecular flexibility index (Phi) is 6.51. The number of hydrogen-bond donors (Lipinski definition) is 1. The number of nitrogens with zero attached hydrogens (tertiary/aromatic N) is 3. The van der Waals surface area contributed by atoms with Gasteiger partial charge in [-0.1, -0.05) is 30.3 Å². The molecule has 7 heteroatoms. The molecule has 1 aromatic carbocycles. The second-order valence-corrected chi connectivity index (χ2v) is 11.1. The summed E-state index contributed by atoms with van der Waals surface area (Å²) in [5.74, 6) is 0.939. The smallest absolute Gasteiger partial charge is 0.156 e. The van der Waals surface area contributed by atoms with Crippen molar-refractivity contribution >= 4 is 28.5 Å². The Bertz CT molecular complexity index is 1070. The summed E-state index contributed by atoms with van der Waals surface area (Å²) in [6.07, 6.45) is 3.75. The first-order valence-corrected chi connectivity index (χ1v) is 13.2. The Morgan fingerprint density at radius 3 is 2.66 bits per heavy atom. The van der Waals surface area contributed by atoms with Crippen LogP contribution in [-0.2, 0) is 11.2 Å². The molecule has 0 saturated carbocycles. The Hall–Kier alpha value is -1.93. The van der Waals surface area contributed by atoms with Crippen molar-refractivity contribution in [3.05, 3.63) is 57.0 Å². The molecule has 2 atom stereocenters. The van der Waals surface area contributed by atoms with E-state index in [-0.39, 0.29) is 11.8 Å². The third-order valence-corrected chi connectivity index (χ3v) is 8.77. The molecule has 2 aliphatic rings. The molecule has 4 heterocycles. The third-order valence-electron chi connectivity index (χ3n) is 6.83. The van der Waals surface area contributed by atoms with Gasteiger partial charge in [0.05, 0.1) is 33.7 Å². The number of aryl methyl sites for hydroxylation is 2. The van der Waals surface area contributed by atoms with Crippen molar-refractivity contribution in [1.82, 2.24) is 20.2 Å². The predicted octanol–water partition coefficient (Wildman–Crippen LogP) is 4.61. The highest BCUT2D eigenvalue weighted by atomic mass is 32.1. The van der Waals surface area contributed by atoms with Gasteiger partial charge in [0.15, 0.2) is 5.78 Å². The summed E-state index contributed by atoms with van der Waals surface area (Å²) < 4.78 is 0. The number of ketones is 1. The molecule has 0 amide bonds. The topological polar surface area (TPSA) is 58.1 Å². The minimum Gasteiger partial charge on any atom is -0.306 e. The van der Waals surface area contributed by atoms with Crippen LogP contribution < -0.4 is 5.32 Å². The molecule has 0 unspecified atom stereocenters. The highest BCUT2D eigenvalue weighted by molar-refractivity contribution is 7.16. The van der Waals surface area contributed by atoms with Gasteiger partial charge in [-0.25, -0.2) is 9.97 Å². The van der Waals surface area contributed by atoms with Crippen LogP contribution >= 0.6 is 22.7 Å². The summed E-state index contributed by atoms with van der Waals surface area (Å²) in [4.78, 5) is 25.9. The number of likely N-dealkylation sites (tertiary alicyclic amines) is 1. The monoisotopic (exact) mass is 466 g/mol. The fourth-order valence-electron chi connectivity index (χ4n) is 5.10. The van der Waals surface area contributed by atoms with Gasteiger partial charge in [-0.2, -0.15) is 0 Å². The Balaban J connectivity index is 1.13. The van der Waals surface area contributed by atoms with Gasteiger partial charge in [0, 0.05) is 18.0 Å². The maximum Gasteiger partial charge on any atom is 0.156 e. The number of Topliss-reactive ketones (excluding diaryl/α,β-unsaturated/α-hetero) is 1. The predicted molar refractivity (Wildman–Crippen MR) is 132 cm³/mol. The molecule has 1 N–H and O–H groups in total. The van der Waals surface area contributed by atoms with Gasteiger partial charge in [0.1, 0.15) is 5.01 Å². The molecule has 2 aromatic heterocycles. The van der Waals surface area contributed by atoms with E-state index in [2.05, 4.69) is 50.9 Å². The number of piperidine rings is 1. The first-order valence-electron chi connectivity index (χ1n) is 11.5. The molecule has 0 bridgehead atoms. The van der Waals surface area contributed by atoms with Gasteiger partial charge in [-0.3, -0.25) is 9.69 Å². The van der Waals surface area contributed by atoms with Crippen LogP contribution in [0.3, 0.4) is 0 Å². The summed E-state index contributed by atoms with van der Waals surface area (Å²) >= 11 is 3.26. The van der Waals surface area contributed by atoms with Crippen molar-refractivity contribution in [2.45, 2.75) is 57.5 Å². The summed E-state index contributed by atoms with van der Waals surface area (Å²) in [5, 5.41) is 7.52. The van der Waals surface area contributed by atoms with E-state index < -0.39 is 0 Å². The van der Waals surface area contributed by atoms with Crippen molar-refractivity contribution < 1.29 is 4.79 Å². The zero-order valence-electron chi connectivity index (χ0n) is 18.7. The number of carbonyl (C=O) groups excluding carboxylic acids is 1. The molecule has 5 rings (SSSR count). The number of thiazole rings is 2. The average molecular weight is 467 g/mol. The molecule has 0 spiro atoms. The van der Waals surface area contributed by atoms with Crippen LogP contribution in [0.4, 0.5) is 0 Å². The Morgan fingerprint density at radius 2 is 1.94 bits per heavy atom. The first-order chi connectivity index (χ1) is 15.6. The zero-order valence-corrected chi connectivity index (χ0v) is 20.3. The lowest BCUT2D eigenvalue weighted by Gasteiger charge is -2.36. The number of hydrogen-bond acceptors (Lipinski definition) is 7. The minimum atomic E-state index is -0.0495. The van der Waals surface area contributed by atoms with Crippen LogP contribution in [0.15, 0.2) is 35.7 Å². The van der Waals surface area contributed by atoms with Crippen molar-refractivity contribution in [3.63, 3.8) is 0 Å². The van der Waals surface area contributed by atoms with E-state index in [1.807, 2.05) is 13.8 Å². The number of benzene rings is 1. The highest BCUT2D eigenvalue weighted by Crippen LogP contribution is 2.32. The van der Waals surface area contributed by atoms with Gasteiger partial charge < -0.3 is 5.32 Å². The van der Waals surface area contributed by atoms with Gasteiger partial charge in [-0.05, 0) is 57.7 Å². The van der Waals surface area contributed by atoms with Gasteiger partial charge >= 0.3 is 0 Å². The van der Waals surface area contributed by atoms with Crippen molar-refractivity contribution in [1.29, 1.82) is 0 Å². The summed E-state index contributed by atoms with van der Waals surface area (Å²) in [7, 11) is 0. The normalized spacial score (nSPS) is 22.4. The molecule has 3 aromatic rings.